The molecule has 0 aromatic carbocycles. The number of hydrogen-bond donors (Lipinski definition) is 0. The molecule has 2 heteroatoms. The lowest BCUT2D eigenvalue weighted by Gasteiger charge is -2.00. The van der Waals surface area contributed by atoms with Crippen LogP contribution in [0.3, 0.4) is 0 Å². The zero-order valence-corrected chi connectivity index (χ0v) is 11.0. The van der Waals surface area contributed by atoms with Crippen molar-refractivity contribution >= 4 is 5.97 Å². The van der Waals surface area contributed by atoms with Gasteiger partial charge in [0.05, 0.1) is 7.11 Å². The molecular formula is C14H24O2. The molecule has 0 atom stereocenters. The zero-order chi connectivity index (χ0) is 12.4. The van der Waals surface area contributed by atoms with Crippen molar-refractivity contribution in [2.45, 2.75) is 52.9 Å². The Labute approximate surface area is 99.4 Å². The van der Waals surface area contributed by atoms with Crippen molar-refractivity contribution in [3.8, 4) is 0 Å². The second-order valence-electron chi connectivity index (χ2n) is 4.34. The van der Waals surface area contributed by atoms with E-state index in [4.69, 9.17) is 0 Å². The van der Waals surface area contributed by atoms with Crippen LogP contribution in [-0.2, 0) is 9.53 Å². The molecule has 0 saturated carbocycles. The summed E-state index contributed by atoms with van der Waals surface area (Å²) in [5.41, 5.74) is 2.78. The standard InChI is InChI=1S/C14H24O2/c1-12(2)8-7-10-13(3)9-5-6-11-14(15)16-4/h8-9H,5-7,10-11H2,1-4H3/b13-9+. The zero-order valence-electron chi connectivity index (χ0n) is 11.0. The highest BCUT2D eigenvalue weighted by Crippen LogP contribution is 2.09. The van der Waals surface area contributed by atoms with E-state index in [0.29, 0.717) is 6.42 Å². The lowest BCUT2D eigenvalue weighted by Crippen LogP contribution is -1.98. The minimum absolute atomic E-state index is 0.115. The molecule has 2 nitrogen and oxygen atoms in total. The van der Waals surface area contributed by atoms with Crippen molar-refractivity contribution in [1.82, 2.24) is 0 Å². The summed E-state index contributed by atoms with van der Waals surface area (Å²) in [4.78, 5) is 10.9. The molecule has 92 valence electrons. The lowest BCUT2D eigenvalue weighted by atomic mass is 10.1. The number of hydrogen-bond acceptors (Lipinski definition) is 2. The van der Waals surface area contributed by atoms with E-state index in [1.54, 1.807) is 0 Å². The quantitative estimate of drug-likeness (QED) is 0.371. The molecule has 0 aliphatic heterocycles. The third kappa shape index (κ3) is 9.50. The average molecular weight is 224 g/mol. The Bertz CT molecular complexity index is 258. The first-order valence-corrected chi connectivity index (χ1v) is 5.92. The smallest absolute Gasteiger partial charge is 0.305 e. The molecule has 0 aromatic rings. The Morgan fingerprint density at radius 2 is 1.75 bits per heavy atom. The van der Waals surface area contributed by atoms with Gasteiger partial charge in [0.2, 0.25) is 0 Å². The molecule has 0 amide bonds. The van der Waals surface area contributed by atoms with E-state index in [1.165, 1.54) is 18.3 Å². The van der Waals surface area contributed by atoms with Crippen molar-refractivity contribution in [2.24, 2.45) is 0 Å². The Morgan fingerprint density at radius 1 is 1.06 bits per heavy atom. The first kappa shape index (κ1) is 14.9. The molecule has 0 N–H and O–H groups in total. The highest BCUT2D eigenvalue weighted by molar-refractivity contribution is 5.69. The molecule has 0 aromatic heterocycles. The van der Waals surface area contributed by atoms with E-state index in [2.05, 4.69) is 37.7 Å². The molecule has 16 heavy (non-hydrogen) atoms. The summed E-state index contributed by atoms with van der Waals surface area (Å²) in [7, 11) is 1.43. The topological polar surface area (TPSA) is 26.3 Å². The fraction of sp³-hybridized carbons (Fsp3) is 0.643. The lowest BCUT2D eigenvalue weighted by molar-refractivity contribution is -0.140. The van der Waals surface area contributed by atoms with E-state index in [9.17, 15) is 4.79 Å². The van der Waals surface area contributed by atoms with E-state index in [-0.39, 0.29) is 5.97 Å². The Balaban J connectivity index is 3.63. The van der Waals surface area contributed by atoms with Crippen LogP contribution in [0.5, 0.6) is 0 Å². The van der Waals surface area contributed by atoms with Crippen molar-refractivity contribution < 1.29 is 9.53 Å². The number of esters is 1. The monoisotopic (exact) mass is 224 g/mol. The number of rotatable bonds is 7. The van der Waals surface area contributed by atoms with Crippen LogP contribution >= 0.6 is 0 Å². The molecule has 0 aliphatic rings. The summed E-state index contributed by atoms with van der Waals surface area (Å²) in [5, 5.41) is 0. The average Bonchev–Trinajstić information content (AvgIpc) is 2.23. The number of carbonyl (C=O) groups excluding carboxylic acids is 1. The van der Waals surface area contributed by atoms with Gasteiger partial charge in [-0.25, -0.2) is 0 Å². The second-order valence-corrected chi connectivity index (χ2v) is 4.34. The van der Waals surface area contributed by atoms with Crippen LogP contribution in [0.15, 0.2) is 23.3 Å². The van der Waals surface area contributed by atoms with Gasteiger partial charge >= 0.3 is 5.97 Å². The molecule has 0 unspecified atom stereocenters. The summed E-state index contributed by atoms with van der Waals surface area (Å²) in [5.74, 6) is -0.115. The molecular weight excluding hydrogens is 200 g/mol. The van der Waals surface area contributed by atoms with Crippen LogP contribution in [0, 0.1) is 0 Å². The van der Waals surface area contributed by atoms with Gasteiger partial charge in [0.1, 0.15) is 0 Å². The maximum absolute atomic E-state index is 10.9. The summed E-state index contributed by atoms with van der Waals surface area (Å²) in [6.45, 7) is 6.39. The largest absolute Gasteiger partial charge is 0.469 e. The SMILES string of the molecule is COC(=O)CCC/C=C(\C)CCC=C(C)C. The predicted octanol–water partition coefficient (Wildman–Crippen LogP) is 4.02. The molecule has 0 bridgehead atoms. The molecule has 0 heterocycles. The summed E-state index contributed by atoms with van der Waals surface area (Å²) in [6.07, 6.45) is 9.08. The van der Waals surface area contributed by atoms with E-state index in [1.807, 2.05) is 0 Å². The normalized spacial score (nSPS) is 11.1. The van der Waals surface area contributed by atoms with E-state index < -0.39 is 0 Å². The fourth-order valence-electron chi connectivity index (χ4n) is 1.39. The van der Waals surface area contributed by atoms with Gasteiger partial charge < -0.3 is 4.74 Å². The first-order chi connectivity index (χ1) is 7.56. The third-order valence-electron chi connectivity index (χ3n) is 2.40. The second kappa shape index (κ2) is 9.20. The van der Waals surface area contributed by atoms with Gasteiger partial charge in [-0.3, -0.25) is 4.79 Å². The molecule has 0 rings (SSSR count). The van der Waals surface area contributed by atoms with Crippen LogP contribution in [0.25, 0.3) is 0 Å². The van der Waals surface area contributed by atoms with Gasteiger partial charge in [-0.05, 0) is 46.5 Å². The number of carbonyl (C=O) groups is 1. The van der Waals surface area contributed by atoms with Crippen molar-refractivity contribution in [3.63, 3.8) is 0 Å². The molecule has 0 fully saturated rings. The van der Waals surface area contributed by atoms with Crippen molar-refractivity contribution in [3.05, 3.63) is 23.3 Å². The highest BCUT2D eigenvalue weighted by Gasteiger charge is 1.97. The van der Waals surface area contributed by atoms with Gasteiger partial charge in [0.25, 0.3) is 0 Å². The van der Waals surface area contributed by atoms with Crippen molar-refractivity contribution in [1.29, 1.82) is 0 Å². The summed E-state index contributed by atoms with van der Waals surface area (Å²) in [6, 6.07) is 0. The van der Waals surface area contributed by atoms with Gasteiger partial charge in [-0.1, -0.05) is 23.3 Å². The molecule has 0 spiro atoms. The third-order valence-corrected chi connectivity index (χ3v) is 2.40. The van der Waals surface area contributed by atoms with Crippen LogP contribution in [0.1, 0.15) is 52.9 Å². The Hall–Kier alpha value is -1.05. The predicted molar refractivity (Wildman–Crippen MR) is 68.3 cm³/mol. The number of ether oxygens (including phenoxy) is 1. The van der Waals surface area contributed by atoms with E-state index >= 15 is 0 Å². The van der Waals surface area contributed by atoms with Crippen LogP contribution < -0.4 is 0 Å². The van der Waals surface area contributed by atoms with Gasteiger partial charge in [0, 0.05) is 6.42 Å². The number of allylic oxidation sites excluding steroid dienone is 4. The minimum atomic E-state index is -0.115. The van der Waals surface area contributed by atoms with Gasteiger partial charge in [0.15, 0.2) is 0 Å². The van der Waals surface area contributed by atoms with E-state index in [0.717, 1.165) is 25.7 Å². The van der Waals surface area contributed by atoms with Crippen molar-refractivity contribution in [2.75, 3.05) is 7.11 Å². The molecule has 0 saturated heterocycles. The highest BCUT2D eigenvalue weighted by atomic mass is 16.5. The Morgan fingerprint density at radius 3 is 2.31 bits per heavy atom. The maximum atomic E-state index is 10.9. The summed E-state index contributed by atoms with van der Waals surface area (Å²) >= 11 is 0. The van der Waals surface area contributed by atoms with Crippen LogP contribution in [0.2, 0.25) is 0 Å². The summed E-state index contributed by atoms with van der Waals surface area (Å²) < 4.78 is 4.58. The molecule has 0 aliphatic carbocycles. The molecule has 0 radical (unpaired) electrons. The first-order valence-electron chi connectivity index (χ1n) is 5.92. The maximum Gasteiger partial charge on any atom is 0.305 e. The van der Waals surface area contributed by atoms with Crippen LogP contribution in [-0.4, -0.2) is 13.1 Å². The van der Waals surface area contributed by atoms with Gasteiger partial charge in [-0.15, -0.1) is 0 Å². The fourth-order valence-corrected chi connectivity index (χ4v) is 1.39. The number of unbranched alkanes of at least 4 members (excludes halogenated alkanes) is 1. The Kier molecular flexibility index (Phi) is 8.59. The minimum Gasteiger partial charge on any atom is -0.469 e. The number of methoxy groups -OCH3 is 1. The van der Waals surface area contributed by atoms with Gasteiger partial charge in [-0.2, -0.15) is 0 Å². The van der Waals surface area contributed by atoms with Crippen LogP contribution in [0.4, 0.5) is 0 Å².